The molecule has 1 heterocycles. The molecule has 104 valence electrons. The fourth-order valence-electron chi connectivity index (χ4n) is 2.22. The van der Waals surface area contributed by atoms with Crippen LogP contribution >= 0.6 is 11.6 Å². The lowest BCUT2D eigenvalue weighted by atomic mass is 10.1. The molecule has 2 aromatic rings. The number of rotatable bonds is 4. The Morgan fingerprint density at radius 1 is 0.950 bits per heavy atom. The Bertz CT molecular complexity index is 584. The maximum atomic E-state index is 5.87. The summed E-state index contributed by atoms with van der Waals surface area (Å²) in [6.07, 6.45) is 0. The molecule has 1 aliphatic heterocycles. The van der Waals surface area contributed by atoms with Gasteiger partial charge in [0.15, 0.2) is 11.5 Å². The fraction of sp³-hybridized carbons (Fsp3) is 0.250. The van der Waals surface area contributed by atoms with Crippen LogP contribution in [0.4, 0.5) is 0 Å². The first kappa shape index (κ1) is 13.3. The SMILES string of the molecule is Clc1ccc(CNCc2cccc3c2OCCO3)cc1. The van der Waals surface area contributed by atoms with E-state index >= 15 is 0 Å². The van der Waals surface area contributed by atoms with E-state index in [2.05, 4.69) is 11.4 Å². The van der Waals surface area contributed by atoms with Crippen molar-refractivity contribution in [3.8, 4) is 11.5 Å². The van der Waals surface area contributed by atoms with E-state index in [0.29, 0.717) is 13.2 Å². The van der Waals surface area contributed by atoms with Gasteiger partial charge in [0.25, 0.3) is 0 Å². The average molecular weight is 290 g/mol. The Balaban J connectivity index is 1.62. The molecule has 0 amide bonds. The highest BCUT2D eigenvalue weighted by Gasteiger charge is 2.14. The van der Waals surface area contributed by atoms with Gasteiger partial charge in [-0.3, -0.25) is 0 Å². The van der Waals surface area contributed by atoms with E-state index in [4.69, 9.17) is 21.1 Å². The molecule has 2 aromatic carbocycles. The number of benzene rings is 2. The minimum atomic E-state index is 0.612. The summed E-state index contributed by atoms with van der Waals surface area (Å²) in [5.74, 6) is 1.70. The number of nitrogens with one attached hydrogen (secondary N) is 1. The van der Waals surface area contributed by atoms with Crippen molar-refractivity contribution in [3.63, 3.8) is 0 Å². The van der Waals surface area contributed by atoms with Gasteiger partial charge in [0.2, 0.25) is 0 Å². The van der Waals surface area contributed by atoms with Gasteiger partial charge in [0.05, 0.1) is 0 Å². The first-order valence-electron chi connectivity index (χ1n) is 6.65. The predicted octanol–water partition coefficient (Wildman–Crippen LogP) is 3.40. The van der Waals surface area contributed by atoms with Crippen LogP contribution in [-0.2, 0) is 13.1 Å². The van der Waals surface area contributed by atoms with Crippen molar-refractivity contribution in [2.24, 2.45) is 0 Å². The Morgan fingerprint density at radius 2 is 1.75 bits per heavy atom. The van der Waals surface area contributed by atoms with Crippen molar-refractivity contribution in [3.05, 3.63) is 58.6 Å². The Hall–Kier alpha value is -1.71. The molecule has 0 fully saturated rings. The van der Waals surface area contributed by atoms with Crippen molar-refractivity contribution < 1.29 is 9.47 Å². The van der Waals surface area contributed by atoms with Crippen LogP contribution in [0, 0.1) is 0 Å². The lowest BCUT2D eigenvalue weighted by Crippen LogP contribution is -2.19. The van der Waals surface area contributed by atoms with E-state index in [1.54, 1.807) is 0 Å². The van der Waals surface area contributed by atoms with E-state index in [1.807, 2.05) is 36.4 Å². The Morgan fingerprint density at radius 3 is 2.60 bits per heavy atom. The molecule has 0 bridgehead atoms. The van der Waals surface area contributed by atoms with Crippen LogP contribution in [0.25, 0.3) is 0 Å². The van der Waals surface area contributed by atoms with Crippen LogP contribution in [0.2, 0.25) is 5.02 Å². The van der Waals surface area contributed by atoms with Gasteiger partial charge in [-0.15, -0.1) is 0 Å². The molecule has 1 aliphatic rings. The lowest BCUT2D eigenvalue weighted by Gasteiger charge is -2.21. The zero-order valence-electron chi connectivity index (χ0n) is 11.1. The summed E-state index contributed by atoms with van der Waals surface area (Å²) < 4.78 is 11.3. The second-order valence-corrected chi connectivity index (χ2v) is 5.11. The van der Waals surface area contributed by atoms with E-state index in [-0.39, 0.29) is 0 Å². The molecule has 4 heteroatoms. The van der Waals surface area contributed by atoms with Crippen molar-refractivity contribution in [1.82, 2.24) is 5.32 Å². The van der Waals surface area contributed by atoms with Gasteiger partial charge in [-0.05, 0) is 23.8 Å². The monoisotopic (exact) mass is 289 g/mol. The molecule has 0 aromatic heterocycles. The largest absolute Gasteiger partial charge is 0.486 e. The van der Waals surface area contributed by atoms with Crippen LogP contribution in [0.5, 0.6) is 11.5 Å². The van der Waals surface area contributed by atoms with Gasteiger partial charge in [-0.2, -0.15) is 0 Å². The summed E-state index contributed by atoms with van der Waals surface area (Å²) in [7, 11) is 0. The van der Waals surface area contributed by atoms with E-state index < -0.39 is 0 Å². The highest BCUT2D eigenvalue weighted by atomic mass is 35.5. The second-order valence-electron chi connectivity index (χ2n) is 4.67. The third-order valence-electron chi connectivity index (χ3n) is 3.21. The van der Waals surface area contributed by atoms with E-state index in [9.17, 15) is 0 Å². The molecule has 0 aliphatic carbocycles. The van der Waals surface area contributed by atoms with Gasteiger partial charge in [0.1, 0.15) is 13.2 Å². The zero-order chi connectivity index (χ0) is 13.8. The van der Waals surface area contributed by atoms with Crippen LogP contribution < -0.4 is 14.8 Å². The number of hydrogen-bond donors (Lipinski definition) is 1. The van der Waals surface area contributed by atoms with Gasteiger partial charge < -0.3 is 14.8 Å². The van der Waals surface area contributed by atoms with Crippen LogP contribution in [0.1, 0.15) is 11.1 Å². The first-order valence-corrected chi connectivity index (χ1v) is 7.03. The van der Waals surface area contributed by atoms with Crippen LogP contribution in [0.15, 0.2) is 42.5 Å². The topological polar surface area (TPSA) is 30.5 Å². The number of ether oxygens (including phenoxy) is 2. The van der Waals surface area contributed by atoms with Gasteiger partial charge in [-0.25, -0.2) is 0 Å². The summed E-state index contributed by atoms with van der Waals surface area (Å²) in [6.45, 7) is 2.77. The van der Waals surface area contributed by atoms with Gasteiger partial charge in [0, 0.05) is 23.7 Å². The molecule has 0 saturated carbocycles. The summed E-state index contributed by atoms with van der Waals surface area (Å²) in [4.78, 5) is 0. The molecule has 1 N–H and O–H groups in total. The molecule has 0 saturated heterocycles. The number of fused-ring (bicyclic) bond motifs is 1. The normalized spacial score (nSPS) is 13.2. The van der Waals surface area contributed by atoms with Crippen molar-refractivity contribution in [2.75, 3.05) is 13.2 Å². The zero-order valence-corrected chi connectivity index (χ0v) is 11.8. The maximum absolute atomic E-state index is 5.87. The Labute approximate surface area is 123 Å². The molecular formula is C16H16ClNO2. The highest BCUT2D eigenvalue weighted by Crippen LogP contribution is 2.33. The summed E-state index contributed by atoms with van der Waals surface area (Å²) >= 11 is 5.87. The minimum Gasteiger partial charge on any atom is -0.486 e. The van der Waals surface area contributed by atoms with Gasteiger partial charge in [-0.1, -0.05) is 35.9 Å². The average Bonchev–Trinajstić information content (AvgIpc) is 2.49. The molecule has 0 unspecified atom stereocenters. The third-order valence-corrected chi connectivity index (χ3v) is 3.46. The quantitative estimate of drug-likeness (QED) is 0.936. The lowest BCUT2D eigenvalue weighted by molar-refractivity contribution is 0.169. The molecule has 0 atom stereocenters. The van der Waals surface area contributed by atoms with Crippen molar-refractivity contribution in [2.45, 2.75) is 13.1 Å². The molecule has 0 radical (unpaired) electrons. The summed E-state index contributed by atoms with van der Waals surface area (Å²) in [5, 5.41) is 4.17. The highest BCUT2D eigenvalue weighted by molar-refractivity contribution is 6.30. The number of halogens is 1. The van der Waals surface area contributed by atoms with Gasteiger partial charge >= 0.3 is 0 Å². The first-order chi connectivity index (χ1) is 9.83. The molecule has 20 heavy (non-hydrogen) atoms. The van der Waals surface area contributed by atoms with E-state index in [1.165, 1.54) is 5.56 Å². The molecule has 3 rings (SSSR count). The smallest absolute Gasteiger partial charge is 0.165 e. The molecule has 3 nitrogen and oxygen atoms in total. The second kappa shape index (κ2) is 6.16. The summed E-state index contributed by atoms with van der Waals surface area (Å²) in [6, 6.07) is 13.8. The predicted molar refractivity (Wildman–Crippen MR) is 79.4 cm³/mol. The molecular weight excluding hydrogens is 274 g/mol. The van der Waals surface area contributed by atoms with Crippen LogP contribution in [-0.4, -0.2) is 13.2 Å². The van der Waals surface area contributed by atoms with Crippen molar-refractivity contribution in [1.29, 1.82) is 0 Å². The third kappa shape index (κ3) is 3.06. The minimum absolute atomic E-state index is 0.612. The Kier molecular flexibility index (Phi) is 4.09. The number of hydrogen-bond acceptors (Lipinski definition) is 3. The van der Waals surface area contributed by atoms with Crippen LogP contribution in [0.3, 0.4) is 0 Å². The van der Waals surface area contributed by atoms with E-state index in [0.717, 1.165) is 35.2 Å². The summed E-state index contributed by atoms with van der Waals surface area (Å²) in [5.41, 5.74) is 2.33. The fourth-order valence-corrected chi connectivity index (χ4v) is 2.34. The number of para-hydroxylation sites is 1. The maximum Gasteiger partial charge on any atom is 0.165 e. The van der Waals surface area contributed by atoms with Crippen molar-refractivity contribution >= 4 is 11.6 Å². The standard InChI is InChI=1S/C16H16ClNO2/c17-14-6-4-12(5-7-14)10-18-11-13-2-1-3-15-16(13)20-9-8-19-15/h1-7,18H,8-11H2. The molecule has 0 spiro atoms.